The molecule has 3 fully saturated rings. The van der Waals surface area contributed by atoms with Gasteiger partial charge in [0.1, 0.15) is 6.61 Å². The molecule has 2 saturated carbocycles. The Morgan fingerprint density at radius 2 is 1.88 bits per heavy atom. The third-order valence-electron chi connectivity index (χ3n) is 8.26. The molecule has 5 rings (SSSR count). The Kier molecular flexibility index (Phi) is 3.06. The maximum Gasteiger partial charge on any atom is 0.334 e. The van der Waals surface area contributed by atoms with Crippen molar-refractivity contribution in [3.8, 4) is 0 Å². The molecule has 0 aromatic rings. The Balaban J connectivity index is 1.53. The van der Waals surface area contributed by atoms with Crippen molar-refractivity contribution in [2.24, 2.45) is 28.6 Å². The van der Waals surface area contributed by atoms with Crippen molar-refractivity contribution in [2.45, 2.75) is 58.2 Å². The lowest BCUT2D eigenvalue weighted by molar-refractivity contribution is -0.237. The molecule has 0 amide bonds. The van der Waals surface area contributed by atoms with E-state index in [4.69, 9.17) is 9.47 Å². The van der Waals surface area contributed by atoms with E-state index in [1.807, 2.05) is 6.08 Å². The third-order valence-corrected chi connectivity index (χ3v) is 8.26. The SMILES string of the molecule is CC12CCC(=O)C=C1C=CC1C2CCC2(C)C1CC[C@@]21OCC(=O)O1. The number of esters is 1. The fraction of sp³-hybridized carbons (Fsp3) is 0.714. The Bertz CT molecular complexity index is 721. The summed E-state index contributed by atoms with van der Waals surface area (Å²) in [7, 11) is 0. The van der Waals surface area contributed by atoms with E-state index in [1.165, 1.54) is 5.57 Å². The van der Waals surface area contributed by atoms with Gasteiger partial charge in [-0.25, -0.2) is 4.79 Å². The normalized spacial score (nSPS) is 51.0. The summed E-state index contributed by atoms with van der Waals surface area (Å²) in [4.78, 5) is 23.7. The van der Waals surface area contributed by atoms with Crippen molar-refractivity contribution in [3.63, 3.8) is 0 Å². The number of ether oxygens (including phenoxy) is 2. The number of rotatable bonds is 0. The van der Waals surface area contributed by atoms with E-state index in [0.29, 0.717) is 24.2 Å². The van der Waals surface area contributed by atoms with Gasteiger partial charge in [-0.1, -0.05) is 26.0 Å². The number of carbonyl (C=O) groups excluding carboxylic acids is 2. The molecule has 4 heteroatoms. The number of allylic oxidation sites excluding steroid dienone is 4. The van der Waals surface area contributed by atoms with Gasteiger partial charge >= 0.3 is 5.97 Å². The van der Waals surface area contributed by atoms with Crippen LogP contribution < -0.4 is 0 Å². The van der Waals surface area contributed by atoms with E-state index in [9.17, 15) is 9.59 Å². The second-order valence-corrected chi connectivity index (χ2v) is 9.14. The number of ketones is 1. The predicted molar refractivity (Wildman–Crippen MR) is 91.4 cm³/mol. The molecule has 25 heavy (non-hydrogen) atoms. The van der Waals surface area contributed by atoms with Gasteiger partial charge in [-0.2, -0.15) is 0 Å². The number of hydrogen-bond donors (Lipinski definition) is 0. The fourth-order valence-corrected chi connectivity index (χ4v) is 6.78. The van der Waals surface area contributed by atoms with Crippen molar-refractivity contribution >= 4 is 11.8 Å². The number of fused-ring (bicyclic) bond motifs is 6. The van der Waals surface area contributed by atoms with Gasteiger partial charge in [-0.05, 0) is 60.5 Å². The van der Waals surface area contributed by atoms with Crippen molar-refractivity contribution in [2.75, 3.05) is 6.61 Å². The first-order chi connectivity index (χ1) is 11.9. The summed E-state index contributed by atoms with van der Waals surface area (Å²) in [5.74, 6) is 0.879. The van der Waals surface area contributed by atoms with Crippen molar-refractivity contribution < 1.29 is 19.1 Å². The van der Waals surface area contributed by atoms with Gasteiger partial charge in [0.25, 0.3) is 0 Å². The quantitative estimate of drug-likeness (QED) is 0.632. The van der Waals surface area contributed by atoms with Crippen LogP contribution >= 0.6 is 0 Å². The van der Waals surface area contributed by atoms with Gasteiger partial charge in [0.05, 0.1) is 0 Å². The Hall–Kier alpha value is -1.42. The topological polar surface area (TPSA) is 52.6 Å². The summed E-state index contributed by atoms with van der Waals surface area (Å²) in [5.41, 5.74) is 1.23. The zero-order chi connectivity index (χ0) is 17.4. The van der Waals surface area contributed by atoms with E-state index in [1.54, 1.807) is 0 Å². The summed E-state index contributed by atoms with van der Waals surface area (Å²) in [6.45, 7) is 4.72. The molecule has 1 saturated heterocycles. The maximum absolute atomic E-state index is 11.9. The predicted octanol–water partition coefficient (Wildman–Crippen LogP) is 3.56. The summed E-state index contributed by atoms with van der Waals surface area (Å²) >= 11 is 0. The largest absolute Gasteiger partial charge is 0.431 e. The van der Waals surface area contributed by atoms with Crippen LogP contribution in [0.5, 0.6) is 0 Å². The molecular weight excluding hydrogens is 316 g/mol. The minimum Gasteiger partial charge on any atom is -0.431 e. The third kappa shape index (κ3) is 1.87. The molecule has 4 nitrogen and oxygen atoms in total. The van der Waals surface area contributed by atoms with Crippen LogP contribution in [0.2, 0.25) is 0 Å². The molecule has 0 radical (unpaired) electrons. The standard InChI is InChI=1S/C21H26O4/c1-19-8-5-14(22)11-13(19)3-4-15-16(19)6-9-20(2)17(15)7-10-21(20)24-12-18(23)25-21/h3-4,11,15-17H,5-10,12H2,1-2H3/t15?,16?,17?,19?,20?,21-/m0/s1. The lowest BCUT2D eigenvalue weighted by Gasteiger charge is -2.56. The molecule has 1 spiro atoms. The number of hydrogen-bond acceptors (Lipinski definition) is 4. The highest BCUT2D eigenvalue weighted by Crippen LogP contribution is 2.67. The molecule has 1 aliphatic heterocycles. The van der Waals surface area contributed by atoms with Crippen molar-refractivity contribution in [1.29, 1.82) is 0 Å². The molecule has 4 aliphatic carbocycles. The second-order valence-electron chi connectivity index (χ2n) is 9.14. The highest BCUT2D eigenvalue weighted by molar-refractivity contribution is 5.92. The molecule has 0 bridgehead atoms. The van der Waals surface area contributed by atoms with Crippen LogP contribution in [0.4, 0.5) is 0 Å². The van der Waals surface area contributed by atoms with E-state index in [2.05, 4.69) is 26.0 Å². The maximum atomic E-state index is 11.9. The summed E-state index contributed by atoms with van der Waals surface area (Å²) in [5, 5.41) is 0. The molecule has 0 aromatic heterocycles. The van der Waals surface area contributed by atoms with Gasteiger partial charge in [-0.3, -0.25) is 4.79 Å². The van der Waals surface area contributed by atoms with Gasteiger partial charge in [0, 0.05) is 18.3 Å². The van der Waals surface area contributed by atoms with Crippen molar-refractivity contribution in [1.82, 2.24) is 0 Å². The molecular formula is C21H26O4. The van der Waals surface area contributed by atoms with Gasteiger partial charge < -0.3 is 9.47 Å². The fourth-order valence-electron chi connectivity index (χ4n) is 6.78. The molecule has 5 aliphatic rings. The first-order valence-electron chi connectivity index (χ1n) is 9.67. The molecule has 1 heterocycles. The monoisotopic (exact) mass is 342 g/mol. The van der Waals surface area contributed by atoms with E-state index < -0.39 is 5.79 Å². The van der Waals surface area contributed by atoms with E-state index in [0.717, 1.165) is 32.1 Å². The Morgan fingerprint density at radius 3 is 2.64 bits per heavy atom. The summed E-state index contributed by atoms with van der Waals surface area (Å²) in [6.07, 6.45) is 12.0. The molecule has 5 unspecified atom stereocenters. The summed E-state index contributed by atoms with van der Waals surface area (Å²) < 4.78 is 11.7. The first kappa shape index (κ1) is 15.8. The van der Waals surface area contributed by atoms with E-state index >= 15 is 0 Å². The van der Waals surface area contributed by atoms with Crippen LogP contribution in [0.1, 0.15) is 52.4 Å². The summed E-state index contributed by atoms with van der Waals surface area (Å²) in [6, 6.07) is 0. The minimum atomic E-state index is -0.701. The Morgan fingerprint density at radius 1 is 1.08 bits per heavy atom. The lowest BCUT2D eigenvalue weighted by Crippen LogP contribution is -2.54. The minimum absolute atomic E-state index is 0.0962. The van der Waals surface area contributed by atoms with Crippen LogP contribution in [-0.2, 0) is 19.1 Å². The van der Waals surface area contributed by atoms with Gasteiger partial charge in [0.15, 0.2) is 5.78 Å². The smallest absolute Gasteiger partial charge is 0.334 e. The van der Waals surface area contributed by atoms with Crippen LogP contribution in [0.15, 0.2) is 23.8 Å². The molecule has 0 N–H and O–H groups in total. The molecule has 0 aromatic carbocycles. The van der Waals surface area contributed by atoms with Gasteiger partial charge in [0.2, 0.25) is 5.79 Å². The van der Waals surface area contributed by atoms with E-state index in [-0.39, 0.29) is 29.2 Å². The Labute approximate surface area is 148 Å². The van der Waals surface area contributed by atoms with Crippen LogP contribution in [-0.4, -0.2) is 24.1 Å². The first-order valence-corrected chi connectivity index (χ1v) is 9.67. The molecule has 134 valence electrons. The van der Waals surface area contributed by atoms with Crippen LogP contribution in [0, 0.1) is 28.6 Å². The lowest BCUT2D eigenvalue weighted by atomic mass is 9.49. The van der Waals surface area contributed by atoms with Crippen molar-refractivity contribution in [3.05, 3.63) is 23.8 Å². The van der Waals surface area contributed by atoms with Gasteiger partial charge in [-0.15, -0.1) is 0 Å². The number of carbonyl (C=O) groups is 2. The highest BCUT2D eigenvalue weighted by atomic mass is 16.8. The van der Waals surface area contributed by atoms with Crippen LogP contribution in [0.25, 0.3) is 0 Å². The highest BCUT2D eigenvalue weighted by Gasteiger charge is 2.68. The molecule has 6 atom stereocenters. The van der Waals surface area contributed by atoms with Crippen LogP contribution in [0.3, 0.4) is 0 Å². The second kappa shape index (κ2) is 4.85. The zero-order valence-electron chi connectivity index (χ0n) is 15.0. The zero-order valence-corrected chi connectivity index (χ0v) is 15.0. The average Bonchev–Trinajstić information content (AvgIpc) is 3.10. The average molecular weight is 342 g/mol.